The van der Waals surface area contributed by atoms with Crippen LogP contribution < -0.4 is 10.6 Å². The minimum Gasteiger partial charge on any atom is -0.325 e. The molecule has 19 heavy (non-hydrogen) atoms. The van der Waals surface area contributed by atoms with E-state index in [1.165, 1.54) is 24.0 Å². The maximum Gasteiger partial charge on any atom is 0.237 e. The summed E-state index contributed by atoms with van der Waals surface area (Å²) >= 11 is 1.79. The highest BCUT2D eigenvalue weighted by atomic mass is 32.2. The lowest BCUT2D eigenvalue weighted by Gasteiger charge is -2.22. The van der Waals surface area contributed by atoms with Crippen molar-refractivity contribution in [1.29, 1.82) is 0 Å². The lowest BCUT2D eigenvalue weighted by Crippen LogP contribution is -2.28. The Morgan fingerprint density at radius 1 is 1.32 bits per heavy atom. The molecule has 4 heteroatoms. The average Bonchev–Trinajstić information content (AvgIpc) is 2.48. The molecule has 0 aromatic heterocycles. The summed E-state index contributed by atoms with van der Waals surface area (Å²) in [4.78, 5) is 12.2. The van der Waals surface area contributed by atoms with Crippen molar-refractivity contribution in [3.8, 4) is 0 Å². The van der Waals surface area contributed by atoms with Gasteiger partial charge in [0.2, 0.25) is 5.91 Å². The van der Waals surface area contributed by atoms with Crippen molar-refractivity contribution in [3.05, 3.63) is 29.3 Å². The average molecular weight is 276 g/mol. The predicted molar refractivity (Wildman–Crippen MR) is 80.6 cm³/mol. The molecule has 0 spiro atoms. The van der Waals surface area contributed by atoms with Crippen molar-refractivity contribution in [2.45, 2.75) is 37.5 Å². The second kappa shape index (κ2) is 5.97. The number of rotatable bonds is 2. The first kappa shape index (κ1) is 13.0. The smallest absolute Gasteiger partial charge is 0.237 e. The lowest BCUT2D eigenvalue weighted by atomic mass is 10.0. The first-order valence-electron chi connectivity index (χ1n) is 7.08. The molecule has 2 aliphatic rings. The Morgan fingerprint density at radius 3 is 3.11 bits per heavy atom. The molecule has 0 radical (unpaired) electrons. The Bertz CT molecular complexity index is 469. The van der Waals surface area contributed by atoms with E-state index in [0.29, 0.717) is 0 Å². The van der Waals surface area contributed by atoms with Crippen LogP contribution in [0.15, 0.2) is 18.2 Å². The fourth-order valence-corrected chi connectivity index (χ4v) is 3.93. The van der Waals surface area contributed by atoms with Crippen LogP contribution in [0.25, 0.3) is 0 Å². The monoisotopic (exact) mass is 276 g/mol. The highest BCUT2D eigenvalue weighted by Gasteiger charge is 2.22. The molecule has 1 amide bonds. The van der Waals surface area contributed by atoms with Gasteiger partial charge in [0, 0.05) is 12.2 Å². The zero-order chi connectivity index (χ0) is 13.1. The van der Waals surface area contributed by atoms with Crippen LogP contribution in [0.1, 0.15) is 30.4 Å². The Labute approximate surface area is 118 Å². The van der Waals surface area contributed by atoms with E-state index in [4.69, 9.17) is 0 Å². The molecule has 1 saturated heterocycles. The summed E-state index contributed by atoms with van der Waals surface area (Å²) in [5, 5.41) is 6.58. The third kappa shape index (κ3) is 3.12. The van der Waals surface area contributed by atoms with Gasteiger partial charge in [0.1, 0.15) is 0 Å². The van der Waals surface area contributed by atoms with Crippen LogP contribution in [-0.4, -0.2) is 23.5 Å². The molecule has 1 unspecified atom stereocenters. The molecule has 1 atom stereocenters. The van der Waals surface area contributed by atoms with Crippen molar-refractivity contribution >= 4 is 23.4 Å². The number of anilines is 1. The van der Waals surface area contributed by atoms with Crippen LogP contribution in [-0.2, 0) is 17.8 Å². The SMILES string of the molecule is O=C(Nc1ccc2c(c1)CNCC2)C1CCCCS1. The fourth-order valence-electron chi connectivity index (χ4n) is 2.73. The normalized spacial score (nSPS) is 22.6. The summed E-state index contributed by atoms with van der Waals surface area (Å²) in [5.41, 5.74) is 3.67. The summed E-state index contributed by atoms with van der Waals surface area (Å²) in [5.74, 6) is 1.29. The molecule has 0 bridgehead atoms. The summed E-state index contributed by atoms with van der Waals surface area (Å²) < 4.78 is 0. The summed E-state index contributed by atoms with van der Waals surface area (Å²) in [6.07, 6.45) is 4.53. The molecule has 1 fully saturated rings. The molecule has 0 aliphatic carbocycles. The van der Waals surface area contributed by atoms with Crippen LogP contribution in [0.4, 0.5) is 5.69 Å². The van der Waals surface area contributed by atoms with E-state index in [2.05, 4.69) is 22.8 Å². The van der Waals surface area contributed by atoms with Crippen molar-refractivity contribution in [2.24, 2.45) is 0 Å². The Morgan fingerprint density at radius 2 is 2.26 bits per heavy atom. The van der Waals surface area contributed by atoms with Gasteiger partial charge in [0.15, 0.2) is 0 Å². The molecule has 3 nitrogen and oxygen atoms in total. The van der Waals surface area contributed by atoms with Gasteiger partial charge in [-0.2, -0.15) is 0 Å². The summed E-state index contributed by atoms with van der Waals surface area (Å²) in [6.45, 7) is 1.97. The van der Waals surface area contributed by atoms with E-state index in [-0.39, 0.29) is 11.2 Å². The van der Waals surface area contributed by atoms with Crippen LogP contribution in [0.5, 0.6) is 0 Å². The van der Waals surface area contributed by atoms with Gasteiger partial charge in [-0.1, -0.05) is 12.5 Å². The van der Waals surface area contributed by atoms with Gasteiger partial charge in [-0.25, -0.2) is 0 Å². The van der Waals surface area contributed by atoms with Crippen LogP contribution >= 0.6 is 11.8 Å². The van der Waals surface area contributed by atoms with Crippen molar-refractivity contribution in [2.75, 3.05) is 17.6 Å². The van der Waals surface area contributed by atoms with Gasteiger partial charge in [-0.05, 0) is 54.8 Å². The number of fused-ring (bicyclic) bond motifs is 1. The molecule has 2 aliphatic heterocycles. The third-order valence-corrected chi connectivity index (χ3v) is 5.21. The second-order valence-corrected chi connectivity index (χ2v) is 6.57. The minimum atomic E-state index is 0.142. The number of thioether (sulfide) groups is 1. The van der Waals surface area contributed by atoms with Crippen molar-refractivity contribution in [3.63, 3.8) is 0 Å². The van der Waals surface area contributed by atoms with Gasteiger partial charge < -0.3 is 10.6 Å². The van der Waals surface area contributed by atoms with E-state index >= 15 is 0 Å². The Hall–Kier alpha value is -1.00. The summed E-state index contributed by atoms with van der Waals surface area (Å²) in [7, 11) is 0. The Kier molecular flexibility index (Phi) is 4.09. The standard InChI is InChI=1S/C15H20N2OS/c18-15(14-3-1-2-8-19-14)17-13-5-4-11-6-7-16-10-12(11)9-13/h4-5,9,14,16H,1-3,6-8,10H2,(H,17,18). The maximum atomic E-state index is 12.2. The Balaban J connectivity index is 1.67. The molecule has 1 aromatic rings. The van der Waals surface area contributed by atoms with E-state index < -0.39 is 0 Å². The molecule has 0 saturated carbocycles. The number of carbonyl (C=O) groups excluding carboxylic acids is 1. The van der Waals surface area contributed by atoms with Gasteiger partial charge in [-0.3, -0.25) is 4.79 Å². The number of amides is 1. The first-order valence-corrected chi connectivity index (χ1v) is 8.13. The summed E-state index contributed by atoms with van der Waals surface area (Å²) in [6, 6.07) is 6.31. The number of hydrogen-bond acceptors (Lipinski definition) is 3. The van der Waals surface area contributed by atoms with Crippen LogP contribution in [0.3, 0.4) is 0 Å². The number of hydrogen-bond donors (Lipinski definition) is 2. The molecule has 102 valence electrons. The highest BCUT2D eigenvalue weighted by Crippen LogP contribution is 2.26. The minimum absolute atomic E-state index is 0.142. The molecule has 1 aromatic carbocycles. The van der Waals surface area contributed by atoms with Gasteiger partial charge in [0.25, 0.3) is 0 Å². The fraction of sp³-hybridized carbons (Fsp3) is 0.533. The van der Waals surface area contributed by atoms with Crippen molar-refractivity contribution < 1.29 is 4.79 Å². The number of benzene rings is 1. The third-order valence-electron chi connectivity index (χ3n) is 3.83. The molecule has 2 heterocycles. The van der Waals surface area contributed by atoms with Crippen LogP contribution in [0.2, 0.25) is 0 Å². The van der Waals surface area contributed by atoms with Gasteiger partial charge in [0.05, 0.1) is 5.25 Å². The maximum absolute atomic E-state index is 12.2. The molecular weight excluding hydrogens is 256 g/mol. The zero-order valence-corrected chi connectivity index (χ0v) is 11.9. The predicted octanol–water partition coefficient (Wildman–Crippen LogP) is 2.56. The van der Waals surface area contributed by atoms with E-state index in [1.807, 2.05) is 6.07 Å². The molecule has 2 N–H and O–H groups in total. The lowest BCUT2D eigenvalue weighted by molar-refractivity contribution is -0.115. The second-order valence-electron chi connectivity index (χ2n) is 5.25. The largest absolute Gasteiger partial charge is 0.325 e. The molecule has 3 rings (SSSR count). The van der Waals surface area contributed by atoms with E-state index in [9.17, 15) is 4.79 Å². The number of nitrogens with one attached hydrogen (secondary N) is 2. The van der Waals surface area contributed by atoms with E-state index in [0.717, 1.165) is 37.4 Å². The van der Waals surface area contributed by atoms with Crippen LogP contribution in [0, 0.1) is 0 Å². The zero-order valence-electron chi connectivity index (χ0n) is 11.1. The van der Waals surface area contributed by atoms with Crippen molar-refractivity contribution in [1.82, 2.24) is 5.32 Å². The highest BCUT2D eigenvalue weighted by molar-refractivity contribution is 8.00. The van der Waals surface area contributed by atoms with Gasteiger partial charge >= 0.3 is 0 Å². The van der Waals surface area contributed by atoms with E-state index in [1.54, 1.807) is 11.8 Å². The van der Waals surface area contributed by atoms with Gasteiger partial charge in [-0.15, -0.1) is 11.8 Å². The molecular formula is C15H20N2OS. The number of carbonyl (C=O) groups is 1. The topological polar surface area (TPSA) is 41.1 Å². The quantitative estimate of drug-likeness (QED) is 0.872. The first-order chi connectivity index (χ1) is 9.33.